The van der Waals surface area contributed by atoms with Gasteiger partial charge in [-0.1, -0.05) is 0 Å². The van der Waals surface area contributed by atoms with Gasteiger partial charge in [0.2, 0.25) is 9.05 Å². The Hall–Kier alpha value is -0.130. The Morgan fingerprint density at radius 1 is 1.73 bits per heavy atom. The van der Waals surface area contributed by atoms with Crippen molar-refractivity contribution in [3.05, 3.63) is 16.1 Å². The molecule has 0 radical (unpaired) electrons. The second-order valence-electron chi connectivity index (χ2n) is 2.07. The van der Waals surface area contributed by atoms with Crippen LogP contribution in [-0.4, -0.2) is 13.4 Å². The largest absolute Gasteiger partial charge is 0.245 e. The third-order valence-electron chi connectivity index (χ3n) is 0.962. The van der Waals surface area contributed by atoms with Crippen LogP contribution in [0.4, 0.5) is 0 Å². The maximum atomic E-state index is 10.5. The maximum absolute atomic E-state index is 10.5. The molecule has 11 heavy (non-hydrogen) atoms. The van der Waals surface area contributed by atoms with Crippen LogP contribution >= 0.6 is 22.0 Å². The Bertz CT molecular complexity index is 343. The molecule has 0 fully saturated rings. The first-order valence-corrected chi connectivity index (χ1v) is 6.16. The van der Waals surface area contributed by atoms with Crippen molar-refractivity contribution >= 4 is 31.1 Å². The second kappa shape index (κ2) is 3.08. The number of hydrogen-bond donors (Lipinski definition) is 0. The molecule has 0 unspecified atom stereocenters. The molecule has 6 heteroatoms. The minimum absolute atomic E-state index is 0.174. The van der Waals surface area contributed by atoms with Crippen molar-refractivity contribution in [3.8, 4) is 0 Å². The summed E-state index contributed by atoms with van der Waals surface area (Å²) in [5.74, 6) is -0.174. The van der Waals surface area contributed by atoms with Crippen molar-refractivity contribution in [2.45, 2.75) is 12.7 Å². The number of rotatable bonds is 2. The molecule has 3 nitrogen and oxygen atoms in total. The summed E-state index contributed by atoms with van der Waals surface area (Å²) in [7, 11) is 1.57. The number of aromatic nitrogens is 1. The molecule has 0 amide bonds. The zero-order valence-corrected chi connectivity index (χ0v) is 8.13. The number of hydrogen-bond acceptors (Lipinski definition) is 4. The van der Waals surface area contributed by atoms with Crippen LogP contribution in [0.3, 0.4) is 0 Å². The molecule has 0 atom stereocenters. The van der Waals surface area contributed by atoms with Gasteiger partial charge in [-0.2, -0.15) is 0 Å². The fourth-order valence-electron chi connectivity index (χ4n) is 0.616. The van der Waals surface area contributed by atoms with Crippen LogP contribution in [0.2, 0.25) is 0 Å². The summed E-state index contributed by atoms with van der Waals surface area (Å²) >= 11 is 1.30. The quantitative estimate of drug-likeness (QED) is 0.697. The van der Waals surface area contributed by atoms with Crippen molar-refractivity contribution in [2.75, 3.05) is 0 Å². The predicted molar refractivity (Wildman–Crippen MR) is 45.3 cm³/mol. The van der Waals surface area contributed by atoms with E-state index in [-0.39, 0.29) is 5.75 Å². The average Bonchev–Trinajstić information content (AvgIpc) is 2.10. The van der Waals surface area contributed by atoms with Crippen LogP contribution in [-0.2, 0) is 14.8 Å². The Kier molecular flexibility index (Phi) is 2.51. The number of aryl methyl sites for hydroxylation is 1. The summed E-state index contributed by atoms with van der Waals surface area (Å²) in [5, 5.41) is 2.33. The highest BCUT2D eigenvalue weighted by Gasteiger charge is 2.09. The van der Waals surface area contributed by atoms with E-state index in [2.05, 4.69) is 4.98 Å². The normalized spacial score (nSPS) is 11.8. The molecule has 0 saturated carbocycles. The van der Waals surface area contributed by atoms with Crippen LogP contribution in [0.25, 0.3) is 0 Å². The van der Waals surface area contributed by atoms with Crippen molar-refractivity contribution in [1.82, 2.24) is 4.98 Å². The van der Waals surface area contributed by atoms with Gasteiger partial charge in [0.25, 0.3) is 0 Å². The fraction of sp³-hybridized carbons (Fsp3) is 0.400. The van der Waals surface area contributed by atoms with E-state index in [0.29, 0.717) is 5.01 Å². The Balaban J connectivity index is 2.81. The highest BCUT2D eigenvalue weighted by atomic mass is 35.7. The minimum atomic E-state index is -3.44. The summed E-state index contributed by atoms with van der Waals surface area (Å²) in [6.07, 6.45) is 0. The zero-order chi connectivity index (χ0) is 8.48. The number of thiazole rings is 1. The van der Waals surface area contributed by atoms with Crippen LogP contribution in [0.5, 0.6) is 0 Å². The van der Waals surface area contributed by atoms with Gasteiger partial charge in [-0.15, -0.1) is 11.3 Å². The van der Waals surface area contributed by atoms with Crippen LogP contribution in [0.15, 0.2) is 5.38 Å². The van der Waals surface area contributed by atoms with E-state index in [9.17, 15) is 8.42 Å². The molecule has 1 heterocycles. The highest BCUT2D eigenvalue weighted by molar-refractivity contribution is 8.13. The van der Waals surface area contributed by atoms with E-state index in [4.69, 9.17) is 10.7 Å². The van der Waals surface area contributed by atoms with Gasteiger partial charge in [-0.3, -0.25) is 0 Å². The lowest BCUT2D eigenvalue weighted by molar-refractivity contribution is 0.608. The molecule has 62 valence electrons. The van der Waals surface area contributed by atoms with Crippen LogP contribution in [0, 0.1) is 6.92 Å². The van der Waals surface area contributed by atoms with Gasteiger partial charge in [0, 0.05) is 21.8 Å². The van der Waals surface area contributed by atoms with Gasteiger partial charge in [0.1, 0.15) is 10.8 Å². The lowest BCUT2D eigenvalue weighted by Gasteiger charge is -1.87. The molecular formula is C5H6ClNO2S2. The van der Waals surface area contributed by atoms with Gasteiger partial charge < -0.3 is 0 Å². The van der Waals surface area contributed by atoms with E-state index < -0.39 is 9.05 Å². The van der Waals surface area contributed by atoms with E-state index in [1.54, 1.807) is 12.3 Å². The summed E-state index contributed by atoms with van der Waals surface area (Å²) in [5.41, 5.74) is 0.824. The number of halogens is 1. The molecule has 0 N–H and O–H groups in total. The van der Waals surface area contributed by atoms with E-state index in [1.165, 1.54) is 11.3 Å². The SMILES string of the molecule is Cc1csc(CS(=O)(=O)Cl)n1. The fourth-order valence-corrected chi connectivity index (χ4v) is 2.77. The summed E-state index contributed by atoms with van der Waals surface area (Å²) in [6.45, 7) is 1.81. The monoisotopic (exact) mass is 211 g/mol. The Morgan fingerprint density at radius 2 is 2.36 bits per heavy atom. The van der Waals surface area contributed by atoms with Gasteiger partial charge in [-0.25, -0.2) is 13.4 Å². The smallest absolute Gasteiger partial charge is 0.239 e. The summed E-state index contributed by atoms with van der Waals surface area (Å²) in [4.78, 5) is 3.95. The van der Waals surface area contributed by atoms with Crippen molar-refractivity contribution in [3.63, 3.8) is 0 Å². The third-order valence-corrected chi connectivity index (χ3v) is 3.06. The van der Waals surface area contributed by atoms with Crippen molar-refractivity contribution in [1.29, 1.82) is 0 Å². The average molecular weight is 212 g/mol. The molecule has 0 aliphatic rings. The maximum Gasteiger partial charge on any atom is 0.239 e. The molecule has 0 aromatic carbocycles. The molecule has 0 bridgehead atoms. The second-order valence-corrected chi connectivity index (χ2v) is 5.79. The first-order chi connectivity index (χ1) is 4.97. The lowest BCUT2D eigenvalue weighted by Crippen LogP contribution is -1.93. The molecule has 1 aromatic rings. The van der Waals surface area contributed by atoms with Gasteiger partial charge in [-0.05, 0) is 6.92 Å². The Morgan fingerprint density at radius 3 is 2.73 bits per heavy atom. The van der Waals surface area contributed by atoms with E-state index in [0.717, 1.165) is 5.69 Å². The predicted octanol–water partition coefficient (Wildman–Crippen LogP) is 1.52. The van der Waals surface area contributed by atoms with E-state index >= 15 is 0 Å². The van der Waals surface area contributed by atoms with Crippen LogP contribution in [0.1, 0.15) is 10.7 Å². The Labute approximate surface area is 73.5 Å². The highest BCUT2D eigenvalue weighted by Crippen LogP contribution is 2.14. The topological polar surface area (TPSA) is 47.0 Å². The number of nitrogens with zero attached hydrogens (tertiary/aromatic N) is 1. The van der Waals surface area contributed by atoms with Gasteiger partial charge in [0.15, 0.2) is 0 Å². The lowest BCUT2D eigenvalue weighted by atomic mass is 10.6. The minimum Gasteiger partial charge on any atom is -0.245 e. The zero-order valence-electron chi connectivity index (χ0n) is 5.74. The standard InChI is InChI=1S/C5H6ClNO2S2/c1-4-2-10-5(7-4)3-11(6,8)9/h2H,3H2,1H3. The van der Waals surface area contributed by atoms with Gasteiger partial charge >= 0.3 is 0 Å². The van der Waals surface area contributed by atoms with Crippen LogP contribution < -0.4 is 0 Å². The van der Waals surface area contributed by atoms with Crippen molar-refractivity contribution in [2.24, 2.45) is 0 Å². The molecule has 1 aromatic heterocycles. The molecule has 0 spiro atoms. The summed E-state index contributed by atoms with van der Waals surface area (Å²) in [6, 6.07) is 0. The molecular weight excluding hydrogens is 206 g/mol. The van der Waals surface area contributed by atoms with Gasteiger partial charge in [0.05, 0.1) is 0 Å². The third kappa shape index (κ3) is 3.18. The molecule has 0 aliphatic carbocycles. The first kappa shape index (κ1) is 8.96. The first-order valence-electron chi connectivity index (χ1n) is 2.81. The molecule has 0 saturated heterocycles. The molecule has 0 aliphatic heterocycles. The summed E-state index contributed by atoms with van der Waals surface area (Å²) < 4.78 is 21.1. The van der Waals surface area contributed by atoms with E-state index in [1.807, 2.05) is 0 Å². The van der Waals surface area contributed by atoms with Crippen molar-refractivity contribution < 1.29 is 8.42 Å². The molecule has 1 rings (SSSR count).